The van der Waals surface area contributed by atoms with Crippen LogP contribution < -0.4 is 19.3 Å². The lowest BCUT2D eigenvalue weighted by molar-refractivity contribution is -0.135. The summed E-state index contributed by atoms with van der Waals surface area (Å²) in [6.45, 7) is 2.95. The summed E-state index contributed by atoms with van der Waals surface area (Å²) < 4.78 is 16.3. The molecule has 2 unspecified atom stereocenters. The second-order valence-corrected chi connectivity index (χ2v) is 8.98. The quantitative estimate of drug-likeness (QED) is 0.556. The molecule has 2 aromatic carbocycles. The second-order valence-electron chi connectivity index (χ2n) is 8.98. The molecular formula is C27H31N3O4. The monoisotopic (exact) mass is 461 g/mol. The molecule has 5 rings (SSSR count). The number of anilines is 2. The van der Waals surface area contributed by atoms with Crippen LogP contribution in [0.3, 0.4) is 0 Å². The van der Waals surface area contributed by atoms with Gasteiger partial charge in [0.1, 0.15) is 17.3 Å². The number of hydrogen-bond donors (Lipinski definition) is 0. The third-order valence-electron chi connectivity index (χ3n) is 7.03. The predicted octanol–water partition coefficient (Wildman–Crippen LogP) is 3.82. The molecule has 2 aliphatic rings. The number of ether oxygens (including phenoxy) is 2. The van der Waals surface area contributed by atoms with Crippen molar-refractivity contribution in [1.82, 2.24) is 4.90 Å². The Hall–Kier alpha value is -3.61. The highest BCUT2D eigenvalue weighted by Crippen LogP contribution is 2.39. The first kappa shape index (κ1) is 22.2. The zero-order valence-electron chi connectivity index (χ0n) is 19.9. The molecule has 2 aliphatic heterocycles. The number of carbonyl (C=O) groups excluding carboxylic acids is 1. The highest BCUT2D eigenvalue weighted by Gasteiger charge is 2.42. The van der Waals surface area contributed by atoms with E-state index in [2.05, 4.69) is 34.1 Å². The molecule has 1 aromatic heterocycles. The van der Waals surface area contributed by atoms with Crippen molar-refractivity contribution in [2.24, 2.45) is 5.92 Å². The standard InChI is InChI=1S/C27H31N3O4/c1-28(17-23-5-4-14-34-23)27(31)24-15-19-6-9-22(33-3)16-25(19)30-13-12-29(18-26(24)30)20-7-10-21(32-2)11-8-20/h4-11,14,16,24,26H,12-13,15,17-18H2,1-3H3. The van der Waals surface area contributed by atoms with Gasteiger partial charge >= 0.3 is 0 Å². The minimum Gasteiger partial charge on any atom is -0.497 e. The number of nitrogens with zero attached hydrogens (tertiary/aromatic N) is 3. The Kier molecular flexibility index (Phi) is 6.09. The summed E-state index contributed by atoms with van der Waals surface area (Å²) in [6.07, 6.45) is 2.35. The smallest absolute Gasteiger partial charge is 0.228 e. The summed E-state index contributed by atoms with van der Waals surface area (Å²) in [4.78, 5) is 20.3. The number of furan rings is 1. The van der Waals surface area contributed by atoms with Gasteiger partial charge < -0.3 is 28.6 Å². The molecular weight excluding hydrogens is 430 g/mol. The summed E-state index contributed by atoms with van der Waals surface area (Å²) >= 11 is 0. The van der Waals surface area contributed by atoms with E-state index in [-0.39, 0.29) is 17.9 Å². The van der Waals surface area contributed by atoms with Crippen LogP contribution in [0.5, 0.6) is 11.5 Å². The normalized spacial score (nSPS) is 19.3. The van der Waals surface area contributed by atoms with E-state index < -0.39 is 0 Å². The van der Waals surface area contributed by atoms with Gasteiger partial charge in [-0.3, -0.25) is 4.79 Å². The summed E-state index contributed by atoms with van der Waals surface area (Å²) in [5.41, 5.74) is 3.52. The molecule has 7 heteroatoms. The van der Waals surface area contributed by atoms with Crippen LogP contribution in [0.25, 0.3) is 0 Å². The molecule has 0 aliphatic carbocycles. The number of hydrogen-bond acceptors (Lipinski definition) is 6. The third kappa shape index (κ3) is 4.18. The van der Waals surface area contributed by atoms with Crippen molar-refractivity contribution in [3.05, 3.63) is 72.2 Å². The SMILES string of the molecule is COc1ccc(N2CCN3c4cc(OC)ccc4CC(C(=O)N(C)Cc4ccco4)C3C2)cc1. The molecule has 0 radical (unpaired) electrons. The summed E-state index contributed by atoms with van der Waals surface area (Å²) in [7, 11) is 5.24. The van der Waals surface area contributed by atoms with Crippen molar-refractivity contribution >= 4 is 17.3 Å². The molecule has 3 aromatic rings. The van der Waals surface area contributed by atoms with Gasteiger partial charge in [-0.1, -0.05) is 6.07 Å². The maximum atomic E-state index is 13.7. The Balaban J connectivity index is 1.44. The fraction of sp³-hybridized carbons (Fsp3) is 0.370. The van der Waals surface area contributed by atoms with E-state index in [9.17, 15) is 4.79 Å². The van der Waals surface area contributed by atoms with Crippen molar-refractivity contribution in [2.75, 3.05) is 50.7 Å². The number of amides is 1. The van der Waals surface area contributed by atoms with Crippen LogP contribution in [0.4, 0.5) is 11.4 Å². The van der Waals surface area contributed by atoms with Gasteiger partial charge in [0.05, 0.1) is 39.0 Å². The van der Waals surface area contributed by atoms with E-state index in [0.29, 0.717) is 13.0 Å². The molecule has 1 fully saturated rings. The van der Waals surface area contributed by atoms with Crippen molar-refractivity contribution in [3.8, 4) is 11.5 Å². The Morgan fingerprint density at radius 2 is 1.82 bits per heavy atom. The lowest BCUT2D eigenvalue weighted by atomic mass is 9.83. The largest absolute Gasteiger partial charge is 0.497 e. The number of piperazine rings is 1. The summed E-state index contributed by atoms with van der Waals surface area (Å²) in [5, 5.41) is 0. The minimum absolute atomic E-state index is 0.0574. The number of methoxy groups -OCH3 is 2. The molecule has 0 spiro atoms. The van der Waals surface area contributed by atoms with Crippen molar-refractivity contribution < 1.29 is 18.7 Å². The topological polar surface area (TPSA) is 58.4 Å². The summed E-state index contributed by atoms with van der Waals surface area (Å²) in [6, 6.07) is 18.2. The van der Waals surface area contributed by atoms with E-state index in [1.165, 1.54) is 11.3 Å². The first-order chi connectivity index (χ1) is 16.6. The van der Waals surface area contributed by atoms with Crippen molar-refractivity contribution in [2.45, 2.75) is 19.0 Å². The van der Waals surface area contributed by atoms with Crippen LogP contribution >= 0.6 is 0 Å². The molecule has 1 amide bonds. The van der Waals surface area contributed by atoms with E-state index in [1.807, 2.05) is 37.4 Å². The average Bonchev–Trinajstić information content (AvgIpc) is 3.40. The lowest BCUT2D eigenvalue weighted by Crippen LogP contribution is -2.61. The van der Waals surface area contributed by atoms with E-state index in [0.717, 1.165) is 42.6 Å². The maximum Gasteiger partial charge on any atom is 0.228 e. The van der Waals surface area contributed by atoms with Gasteiger partial charge in [0.2, 0.25) is 5.91 Å². The number of rotatable bonds is 6. The molecule has 1 saturated heterocycles. The fourth-order valence-corrected chi connectivity index (χ4v) is 5.21. The maximum absolute atomic E-state index is 13.7. The molecule has 34 heavy (non-hydrogen) atoms. The molecule has 7 nitrogen and oxygen atoms in total. The molecule has 0 bridgehead atoms. The van der Waals surface area contributed by atoms with Crippen LogP contribution in [0, 0.1) is 5.92 Å². The van der Waals surface area contributed by atoms with Crippen LogP contribution in [0.15, 0.2) is 65.3 Å². The number of fused-ring (bicyclic) bond motifs is 3. The van der Waals surface area contributed by atoms with E-state index in [1.54, 1.807) is 25.4 Å². The highest BCUT2D eigenvalue weighted by atomic mass is 16.5. The van der Waals surface area contributed by atoms with Gasteiger partial charge in [-0.2, -0.15) is 0 Å². The summed E-state index contributed by atoms with van der Waals surface area (Å²) in [5.74, 6) is 2.46. The van der Waals surface area contributed by atoms with E-state index in [4.69, 9.17) is 13.9 Å². The van der Waals surface area contributed by atoms with Crippen LogP contribution in [-0.4, -0.2) is 57.8 Å². The highest BCUT2D eigenvalue weighted by molar-refractivity contribution is 5.82. The van der Waals surface area contributed by atoms with Gasteiger partial charge in [-0.05, 0) is 54.4 Å². The first-order valence-electron chi connectivity index (χ1n) is 11.7. The van der Waals surface area contributed by atoms with Gasteiger partial charge in [0.15, 0.2) is 0 Å². The van der Waals surface area contributed by atoms with Gasteiger partial charge in [0.25, 0.3) is 0 Å². The lowest BCUT2D eigenvalue weighted by Gasteiger charge is -2.50. The van der Waals surface area contributed by atoms with Crippen LogP contribution in [-0.2, 0) is 17.8 Å². The minimum atomic E-state index is -0.151. The molecule has 3 heterocycles. The Bertz CT molecular complexity index is 1130. The molecule has 2 atom stereocenters. The Morgan fingerprint density at radius 1 is 1.06 bits per heavy atom. The fourth-order valence-electron chi connectivity index (χ4n) is 5.21. The molecule has 178 valence electrons. The van der Waals surface area contributed by atoms with Gasteiger partial charge in [-0.25, -0.2) is 0 Å². The second kappa shape index (κ2) is 9.33. The zero-order valence-corrected chi connectivity index (χ0v) is 19.9. The van der Waals surface area contributed by atoms with Crippen molar-refractivity contribution in [1.29, 1.82) is 0 Å². The Labute approximate surface area is 200 Å². The van der Waals surface area contributed by atoms with Gasteiger partial charge in [-0.15, -0.1) is 0 Å². The number of benzene rings is 2. The predicted molar refractivity (Wildman–Crippen MR) is 132 cm³/mol. The third-order valence-corrected chi connectivity index (χ3v) is 7.03. The Morgan fingerprint density at radius 3 is 2.53 bits per heavy atom. The van der Waals surface area contributed by atoms with Crippen molar-refractivity contribution in [3.63, 3.8) is 0 Å². The average molecular weight is 462 g/mol. The van der Waals surface area contributed by atoms with Crippen LogP contribution in [0.2, 0.25) is 0 Å². The molecule has 0 N–H and O–H groups in total. The number of carbonyl (C=O) groups is 1. The van der Waals surface area contributed by atoms with E-state index >= 15 is 0 Å². The van der Waals surface area contributed by atoms with Crippen LogP contribution in [0.1, 0.15) is 11.3 Å². The van der Waals surface area contributed by atoms with Gasteiger partial charge in [0, 0.05) is 44.1 Å². The zero-order chi connectivity index (χ0) is 23.7. The first-order valence-corrected chi connectivity index (χ1v) is 11.7. The molecule has 0 saturated carbocycles.